The van der Waals surface area contributed by atoms with Crippen LogP contribution in [0.25, 0.3) is 0 Å². The maximum Gasteiger partial charge on any atom is 0.352 e. The standard InChI is InChI=1S/C11H18F2N2O3/c1-7(2)15(6-8(14)16)9(17)11(12,13)10(18)4-3-5-10/h7,18H,3-6H2,1-2H3,(H2,14,16). The number of primary amides is 1. The van der Waals surface area contributed by atoms with Crippen molar-refractivity contribution in [3.8, 4) is 0 Å². The first kappa shape index (κ1) is 14.8. The van der Waals surface area contributed by atoms with Gasteiger partial charge in [-0.25, -0.2) is 0 Å². The lowest BCUT2D eigenvalue weighted by atomic mass is 9.75. The summed E-state index contributed by atoms with van der Waals surface area (Å²) in [6.07, 6.45) is 0.222. The molecular formula is C11H18F2N2O3. The molecule has 2 amide bonds. The highest BCUT2D eigenvalue weighted by molar-refractivity contribution is 5.89. The van der Waals surface area contributed by atoms with Crippen LogP contribution in [0.1, 0.15) is 33.1 Å². The minimum Gasteiger partial charge on any atom is -0.383 e. The quantitative estimate of drug-likeness (QED) is 0.747. The van der Waals surface area contributed by atoms with Crippen LogP contribution in [-0.4, -0.2) is 45.9 Å². The van der Waals surface area contributed by atoms with Crippen LogP contribution in [0, 0.1) is 0 Å². The van der Waals surface area contributed by atoms with Crippen molar-refractivity contribution in [2.75, 3.05) is 6.54 Å². The highest BCUT2D eigenvalue weighted by Gasteiger charge is 2.62. The summed E-state index contributed by atoms with van der Waals surface area (Å²) < 4.78 is 27.8. The summed E-state index contributed by atoms with van der Waals surface area (Å²) in [5, 5.41) is 9.66. The Bertz CT molecular complexity index is 354. The second kappa shape index (κ2) is 4.79. The SMILES string of the molecule is CC(C)N(CC(N)=O)C(=O)C(F)(F)C1(O)CCC1. The number of hydrogen-bond acceptors (Lipinski definition) is 3. The van der Waals surface area contributed by atoms with Gasteiger partial charge >= 0.3 is 5.92 Å². The topological polar surface area (TPSA) is 83.6 Å². The molecule has 7 heteroatoms. The summed E-state index contributed by atoms with van der Waals surface area (Å²) in [7, 11) is 0. The molecule has 0 aliphatic heterocycles. The van der Waals surface area contributed by atoms with E-state index in [-0.39, 0.29) is 12.8 Å². The number of nitrogens with two attached hydrogens (primary N) is 1. The van der Waals surface area contributed by atoms with Crippen molar-refractivity contribution < 1.29 is 23.5 Å². The minimum absolute atomic E-state index is 0.117. The average molecular weight is 264 g/mol. The summed E-state index contributed by atoms with van der Waals surface area (Å²) in [5.41, 5.74) is 2.64. The highest BCUT2D eigenvalue weighted by atomic mass is 19.3. The van der Waals surface area contributed by atoms with Gasteiger partial charge in [-0.05, 0) is 33.1 Å². The molecule has 104 valence electrons. The zero-order valence-corrected chi connectivity index (χ0v) is 10.4. The van der Waals surface area contributed by atoms with Gasteiger partial charge in [-0.2, -0.15) is 8.78 Å². The molecule has 5 nitrogen and oxygen atoms in total. The molecule has 1 aliphatic carbocycles. The zero-order chi connectivity index (χ0) is 14.1. The van der Waals surface area contributed by atoms with Crippen molar-refractivity contribution >= 4 is 11.8 Å². The number of rotatable bonds is 5. The Morgan fingerprint density at radius 2 is 1.94 bits per heavy atom. The Morgan fingerprint density at radius 1 is 1.44 bits per heavy atom. The van der Waals surface area contributed by atoms with E-state index < -0.39 is 35.9 Å². The number of aliphatic hydroxyl groups is 1. The molecule has 0 unspecified atom stereocenters. The van der Waals surface area contributed by atoms with Crippen LogP contribution < -0.4 is 5.73 Å². The Labute approximate surface area is 104 Å². The van der Waals surface area contributed by atoms with E-state index >= 15 is 0 Å². The van der Waals surface area contributed by atoms with E-state index in [1.807, 2.05) is 0 Å². The fourth-order valence-corrected chi connectivity index (χ4v) is 1.86. The van der Waals surface area contributed by atoms with Gasteiger partial charge in [0.15, 0.2) is 0 Å². The Hall–Kier alpha value is -1.24. The Morgan fingerprint density at radius 3 is 2.22 bits per heavy atom. The number of halogens is 2. The van der Waals surface area contributed by atoms with E-state index in [2.05, 4.69) is 0 Å². The number of carbonyl (C=O) groups excluding carboxylic acids is 2. The van der Waals surface area contributed by atoms with Gasteiger partial charge in [0.2, 0.25) is 5.91 Å². The molecule has 1 fully saturated rings. The normalized spacial score (nSPS) is 18.3. The molecule has 0 radical (unpaired) electrons. The second-order valence-corrected chi connectivity index (χ2v) is 4.95. The molecule has 0 aromatic heterocycles. The molecule has 3 N–H and O–H groups in total. The number of alkyl halides is 2. The first-order valence-electron chi connectivity index (χ1n) is 5.81. The molecule has 1 rings (SSSR count). The average Bonchev–Trinajstić information content (AvgIpc) is 2.20. The van der Waals surface area contributed by atoms with Crippen molar-refractivity contribution in [1.29, 1.82) is 0 Å². The summed E-state index contributed by atoms with van der Waals surface area (Å²) in [5.74, 6) is -6.29. The minimum atomic E-state index is -3.88. The fraction of sp³-hybridized carbons (Fsp3) is 0.818. The van der Waals surface area contributed by atoms with E-state index in [1.165, 1.54) is 13.8 Å². The number of amides is 2. The first-order valence-corrected chi connectivity index (χ1v) is 5.81. The van der Waals surface area contributed by atoms with Crippen LogP contribution in [0.15, 0.2) is 0 Å². The van der Waals surface area contributed by atoms with Gasteiger partial charge in [0.1, 0.15) is 5.60 Å². The van der Waals surface area contributed by atoms with E-state index in [1.54, 1.807) is 0 Å². The van der Waals surface area contributed by atoms with Crippen LogP contribution in [0.5, 0.6) is 0 Å². The first-order chi connectivity index (χ1) is 8.12. The van der Waals surface area contributed by atoms with Crippen LogP contribution >= 0.6 is 0 Å². The maximum atomic E-state index is 13.9. The summed E-state index contributed by atoms with van der Waals surface area (Å²) in [6, 6.07) is -0.598. The molecule has 1 saturated carbocycles. The van der Waals surface area contributed by atoms with Gasteiger partial charge in [-0.15, -0.1) is 0 Å². The molecule has 0 heterocycles. The largest absolute Gasteiger partial charge is 0.383 e. The van der Waals surface area contributed by atoms with Crippen molar-refractivity contribution in [3.05, 3.63) is 0 Å². The van der Waals surface area contributed by atoms with Crippen LogP contribution in [0.4, 0.5) is 8.78 Å². The second-order valence-electron chi connectivity index (χ2n) is 4.95. The van der Waals surface area contributed by atoms with E-state index in [4.69, 9.17) is 5.73 Å². The number of hydrogen-bond donors (Lipinski definition) is 2. The zero-order valence-electron chi connectivity index (χ0n) is 10.4. The van der Waals surface area contributed by atoms with Crippen molar-refractivity contribution in [1.82, 2.24) is 4.90 Å². The van der Waals surface area contributed by atoms with Gasteiger partial charge < -0.3 is 15.7 Å². The molecule has 0 bridgehead atoms. The lowest BCUT2D eigenvalue weighted by Gasteiger charge is -2.43. The van der Waals surface area contributed by atoms with Gasteiger partial charge in [0, 0.05) is 6.04 Å². The predicted octanol–water partition coefficient (Wildman–Crippen LogP) is 0.259. The third-order valence-electron chi connectivity index (χ3n) is 3.24. The van der Waals surface area contributed by atoms with Crippen molar-refractivity contribution in [2.24, 2.45) is 5.73 Å². The molecule has 0 saturated heterocycles. The van der Waals surface area contributed by atoms with Gasteiger partial charge in [0.25, 0.3) is 5.91 Å². The van der Waals surface area contributed by atoms with E-state index in [0.717, 1.165) is 0 Å². The maximum absolute atomic E-state index is 13.9. The Balaban J connectivity index is 2.91. The van der Waals surface area contributed by atoms with Crippen molar-refractivity contribution in [2.45, 2.75) is 50.7 Å². The summed E-state index contributed by atoms with van der Waals surface area (Å²) in [6.45, 7) is 2.42. The third-order valence-corrected chi connectivity index (χ3v) is 3.24. The lowest BCUT2D eigenvalue weighted by Crippen LogP contribution is -2.62. The molecule has 18 heavy (non-hydrogen) atoms. The fourth-order valence-electron chi connectivity index (χ4n) is 1.86. The molecule has 0 aromatic rings. The summed E-state index contributed by atoms with van der Waals surface area (Å²) in [4.78, 5) is 23.3. The van der Waals surface area contributed by atoms with Crippen LogP contribution in [0.3, 0.4) is 0 Å². The van der Waals surface area contributed by atoms with Gasteiger partial charge in [0.05, 0.1) is 6.54 Å². The lowest BCUT2D eigenvalue weighted by molar-refractivity contribution is -0.224. The smallest absolute Gasteiger partial charge is 0.352 e. The molecule has 0 aromatic carbocycles. The number of carbonyl (C=O) groups is 2. The monoisotopic (exact) mass is 264 g/mol. The number of nitrogens with zero attached hydrogens (tertiary/aromatic N) is 1. The van der Waals surface area contributed by atoms with Crippen molar-refractivity contribution in [3.63, 3.8) is 0 Å². The molecule has 1 aliphatic rings. The molecule has 0 atom stereocenters. The van der Waals surface area contributed by atoms with E-state index in [9.17, 15) is 23.5 Å². The van der Waals surface area contributed by atoms with E-state index in [0.29, 0.717) is 11.3 Å². The summed E-state index contributed by atoms with van der Waals surface area (Å²) >= 11 is 0. The van der Waals surface area contributed by atoms with Crippen LogP contribution in [-0.2, 0) is 9.59 Å². The third kappa shape index (κ3) is 2.45. The predicted molar refractivity (Wildman–Crippen MR) is 59.8 cm³/mol. The molecular weight excluding hydrogens is 246 g/mol. The highest BCUT2D eigenvalue weighted by Crippen LogP contribution is 2.45. The van der Waals surface area contributed by atoms with Gasteiger partial charge in [-0.3, -0.25) is 9.59 Å². The van der Waals surface area contributed by atoms with Crippen LogP contribution in [0.2, 0.25) is 0 Å². The van der Waals surface area contributed by atoms with Gasteiger partial charge in [-0.1, -0.05) is 0 Å². The molecule has 0 spiro atoms. The Kier molecular flexibility index (Phi) is 3.95.